The number of anilines is 1. The molecule has 2 aromatic rings. The Labute approximate surface area is 161 Å². The minimum Gasteiger partial charge on any atom is -0.487 e. The first kappa shape index (κ1) is 16.1. The Morgan fingerprint density at radius 3 is 2.26 bits per heavy atom. The molecule has 0 aliphatic rings. The third-order valence-corrected chi connectivity index (χ3v) is 5.35. The predicted octanol–water partition coefficient (Wildman–Crippen LogP) is 5.42. The topological polar surface area (TPSA) is 35.2 Å². The standard InChI is InChI=1S/C13H9BrI3NO/c14-9-2-1-7(3-12(9)18)6-19-13-10(16)4-8(15)5-11(13)17/h1-5H,6,18H2. The van der Waals surface area contributed by atoms with Gasteiger partial charge in [0.2, 0.25) is 0 Å². The summed E-state index contributed by atoms with van der Waals surface area (Å²) in [7, 11) is 0. The number of rotatable bonds is 3. The Hall–Kier alpha value is 0.710. The fourth-order valence-corrected chi connectivity index (χ4v) is 5.65. The van der Waals surface area contributed by atoms with Gasteiger partial charge in [-0.3, -0.25) is 0 Å². The molecule has 0 unspecified atom stereocenters. The highest BCUT2D eigenvalue weighted by Gasteiger charge is 2.08. The Morgan fingerprint density at radius 1 is 1.05 bits per heavy atom. The highest BCUT2D eigenvalue weighted by atomic mass is 127. The van der Waals surface area contributed by atoms with E-state index in [1.807, 2.05) is 18.2 Å². The number of benzene rings is 2. The van der Waals surface area contributed by atoms with Crippen molar-refractivity contribution in [1.29, 1.82) is 0 Å². The van der Waals surface area contributed by atoms with Crippen molar-refractivity contribution in [2.45, 2.75) is 6.61 Å². The maximum Gasteiger partial charge on any atom is 0.146 e. The Balaban J connectivity index is 2.16. The average molecular weight is 656 g/mol. The van der Waals surface area contributed by atoms with E-state index in [1.54, 1.807) is 0 Å². The summed E-state index contributed by atoms with van der Waals surface area (Å²) in [6, 6.07) is 10.1. The molecular formula is C13H9BrI3NO. The molecule has 0 amide bonds. The third kappa shape index (κ3) is 4.34. The van der Waals surface area contributed by atoms with Crippen LogP contribution in [0.2, 0.25) is 0 Å². The lowest BCUT2D eigenvalue weighted by Crippen LogP contribution is -2.00. The molecule has 19 heavy (non-hydrogen) atoms. The van der Waals surface area contributed by atoms with Gasteiger partial charge in [-0.05, 0) is 114 Å². The zero-order valence-corrected chi connectivity index (χ0v) is 17.6. The second-order valence-corrected chi connectivity index (χ2v) is 8.27. The van der Waals surface area contributed by atoms with E-state index in [0.29, 0.717) is 6.61 Å². The van der Waals surface area contributed by atoms with E-state index in [9.17, 15) is 0 Å². The second-order valence-electron chi connectivity index (χ2n) is 3.84. The van der Waals surface area contributed by atoms with Crippen LogP contribution in [0.1, 0.15) is 5.56 Å². The van der Waals surface area contributed by atoms with E-state index in [0.717, 1.165) is 28.6 Å². The fraction of sp³-hybridized carbons (Fsp3) is 0.0769. The smallest absolute Gasteiger partial charge is 0.146 e. The molecule has 2 nitrogen and oxygen atoms in total. The molecule has 0 fully saturated rings. The molecule has 2 rings (SSSR count). The predicted molar refractivity (Wildman–Crippen MR) is 107 cm³/mol. The summed E-state index contributed by atoms with van der Waals surface area (Å²) in [6.07, 6.45) is 0. The minimum atomic E-state index is 0.518. The molecule has 0 aliphatic carbocycles. The van der Waals surface area contributed by atoms with Crippen LogP contribution in [0.15, 0.2) is 34.8 Å². The van der Waals surface area contributed by atoms with Crippen LogP contribution in [-0.2, 0) is 6.61 Å². The lowest BCUT2D eigenvalue weighted by Gasteiger charge is -2.11. The molecule has 0 aromatic heterocycles. The molecule has 2 N–H and O–H groups in total. The van der Waals surface area contributed by atoms with E-state index in [1.165, 1.54) is 3.57 Å². The van der Waals surface area contributed by atoms with Crippen LogP contribution in [0, 0.1) is 10.7 Å². The lowest BCUT2D eigenvalue weighted by molar-refractivity contribution is 0.301. The number of hydrogen-bond acceptors (Lipinski definition) is 2. The molecule has 100 valence electrons. The van der Waals surface area contributed by atoms with Gasteiger partial charge in [0.15, 0.2) is 0 Å². The molecule has 2 aromatic carbocycles. The summed E-state index contributed by atoms with van der Waals surface area (Å²) in [6.45, 7) is 0.518. The van der Waals surface area contributed by atoms with Crippen LogP contribution in [-0.4, -0.2) is 0 Å². The van der Waals surface area contributed by atoms with Gasteiger partial charge in [-0.15, -0.1) is 0 Å². The number of nitrogen functional groups attached to an aromatic ring is 1. The first-order chi connectivity index (χ1) is 8.97. The molecule has 0 heterocycles. The van der Waals surface area contributed by atoms with Crippen LogP contribution in [0.4, 0.5) is 5.69 Å². The third-order valence-electron chi connectivity index (χ3n) is 2.41. The van der Waals surface area contributed by atoms with E-state index >= 15 is 0 Å². The van der Waals surface area contributed by atoms with Crippen molar-refractivity contribution in [3.05, 3.63) is 51.1 Å². The van der Waals surface area contributed by atoms with Crippen LogP contribution < -0.4 is 10.5 Å². The van der Waals surface area contributed by atoms with Gasteiger partial charge in [-0.2, -0.15) is 0 Å². The molecule has 0 saturated carbocycles. The van der Waals surface area contributed by atoms with Crippen molar-refractivity contribution >= 4 is 89.4 Å². The molecule has 6 heteroatoms. The van der Waals surface area contributed by atoms with Gasteiger partial charge in [-0.25, -0.2) is 0 Å². The maximum absolute atomic E-state index is 5.91. The molecular weight excluding hydrogens is 647 g/mol. The van der Waals surface area contributed by atoms with Crippen molar-refractivity contribution < 1.29 is 4.74 Å². The van der Waals surface area contributed by atoms with Gasteiger partial charge in [0.25, 0.3) is 0 Å². The first-order valence-electron chi connectivity index (χ1n) is 5.28. The molecule has 0 radical (unpaired) electrons. The number of hydrogen-bond donors (Lipinski definition) is 1. The zero-order chi connectivity index (χ0) is 14.0. The molecule has 0 saturated heterocycles. The summed E-state index contributed by atoms with van der Waals surface area (Å²) >= 11 is 10.3. The largest absolute Gasteiger partial charge is 0.487 e. The Kier molecular flexibility index (Phi) is 6.03. The van der Waals surface area contributed by atoms with Crippen molar-refractivity contribution in [3.8, 4) is 5.75 Å². The van der Waals surface area contributed by atoms with Crippen molar-refractivity contribution in [2.75, 3.05) is 5.73 Å². The van der Waals surface area contributed by atoms with Crippen LogP contribution in [0.5, 0.6) is 5.75 Å². The number of ether oxygens (including phenoxy) is 1. The van der Waals surface area contributed by atoms with Crippen LogP contribution in [0.25, 0.3) is 0 Å². The van der Waals surface area contributed by atoms with Gasteiger partial charge >= 0.3 is 0 Å². The zero-order valence-electron chi connectivity index (χ0n) is 9.59. The van der Waals surface area contributed by atoms with Gasteiger partial charge in [0, 0.05) is 13.7 Å². The average Bonchev–Trinajstić information content (AvgIpc) is 2.32. The lowest BCUT2D eigenvalue weighted by atomic mass is 10.2. The maximum atomic E-state index is 5.91. The van der Waals surface area contributed by atoms with E-state index in [2.05, 4.69) is 95.8 Å². The normalized spacial score (nSPS) is 10.5. The van der Waals surface area contributed by atoms with E-state index < -0.39 is 0 Å². The summed E-state index contributed by atoms with van der Waals surface area (Å²) in [4.78, 5) is 0. The highest BCUT2D eigenvalue weighted by molar-refractivity contribution is 14.1. The van der Waals surface area contributed by atoms with Crippen LogP contribution in [0.3, 0.4) is 0 Å². The fourth-order valence-electron chi connectivity index (χ4n) is 1.51. The SMILES string of the molecule is Nc1cc(COc2c(I)cc(I)cc2I)ccc1Br. The van der Waals surface area contributed by atoms with E-state index in [4.69, 9.17) is 10.5 Å². The van der Waals surface area contributed by atoms with Crippen molar-refractivity contribution in [1.82, 2.24) is 0 Å². The number of halogens is 4. The molecule has 0 bridgehead atoms. The molecule has 0 atom stereocenters. The number of nitrogens with two attached hydrogens (primary N) is 1. The second kappa shape index (κ2) is 7.12. The van der Waals surface area contributed by atoms with Gasteiger partial charge < -0.3 is 10.5 Å². The first-order valence-corrected chi connectivity index (χ1v) is 9.31. The quantitative estimate of drug-likeness (QED) is 0.354. The van der Waals surface area contributed by atoms with Gasteiger partial charge in [-0.1, -0.05) is 6.07 Å². The highest BCUT2D eigenvalue weighted by Crippen LogP contribution is 2.30. The van der Waals surface area contributed by atoms with Crippen molar-refractivity contribution in [2.24, 2.45) is 0 Å². The van der Waals surface area contributed by atoms with Gasteiger partial charge in [0.05, 0.1) is 7.14 Å². The van der Waals surface area contributed by atoms with Crippen LogP contribution >= 0.6 is 83.7 Å². The van der Waals surface area contributed by atoms with E-state index in [-0.39, 0.29) is 0 Å². The Bertz CT molecular complexity index is 596. The van der Waals surface area contributed by atoms with Crippen molar-refractivity contribution in [3.63, 3.8) is 0 Å². The summed E-state index contributed by atoms with van der Waals surface area (Å²) in [5, 5.41) is 0. The summed E-state index contributed by atoms with van der Waals surface area (Å²) in [5.74, 6) is 0.933. The Morgan fingerprint density at radius 2 is 1.68 bits per heavy atom. The molecule has 0 spiro atoms. The monoisotopic (exact) mass is 655 g/mol. The van der Waals surface area contributed by atoms with Gasteiger partial charge in [0.1, 0.15) is 12.4 Å². The molecule has 0 aliphatic heterocycles. The summed E-state index contributed by atoms with van der Waals surface area (Å²) in [5.41, 5.74) is 7.65. The summed E-state index contributed by atoms with van der Waals surface area (Å²) < 4.78 is 10.3. The minimum absolute atomic E-state index is 0.518.